The molecule has 8 heteroatoms. The largest absolute Gasteiger partial charge is 0.491 e. The lowest BCUT2D eigenvalue weighted by atomic mass is 10.1. The molecule has 1 atom stereocenters. The Balaban J connectivity index is 0.00000320. The van der Waals surface area contributed by atoms with Gasteiger partial charge in [-0.05, 0) is 49.6 Å². The third-order valence-electron chi connectivity index (χ3n) is 4.80. The van der Waals surface area contributed by atoms with Gasteiger partial charge in [0.15, 0.2) is 5.96 Å². The summed E-state index contributed by atoms with van der Waals surface area (Å²) in [6.45, 7) is 3.95. The first-order valence-electron chi connectivity index (χ1n) is 9.77. The number of hydrogen-bond acceptors (Lipinski definition) is 3. The van der Waals surface area contributed by atoms with Gasteiger partial charge in [-0.1, -0.05) is 12.1 Å². The Kier molecular flexibility index (Phi) is 9.77. The monoisotopic (exact) mass is 531 g/mol. The fourth-order valence-electron chi connectivity index (χ4n) is 3.16. The van der Waals surface area contributed by atoms with Crippen LogP contribution >= 0.6 is 24.0 Å². The van der Waals surface area contributed by atoms with E-state index in [2.05, 4.69) is 15.6 Å². The second-order valence-electron chi connectivity index (χ2n) is 7.07. The molecule has 3 rings (SSSR count). The molecule has 1 saturated heterocycles. The highest BCUT2D eigenvalue weighted by Crippen LogP contribution is 2.22. The Bertz CT molecular complexity index is 858. The van der Waals surface area contributed by atoms with E-state index in [0.29, 0.717) is 19.1 Å². The van der Waals surface area contributed by atoms with Crippen LogP contribution in [-0.2, 0) is 17.8 Å². The van der Waals surface area contributed by atoms with Crippen LogP contribution in [0.5, 0.6) is 5.75 Å². The predicted octanol–water partition coefficient (Wildman–Crippen LogP) is 4.31. The lowest BCUT2D eigenvalue weighted by Crippen LogP contribution is -2.36. The van der Waals surface area contributed by atoms with Crippen molar-refractivity contribution in [3.8, 4) is 5.75 Å². The number of halogens is 3. The van der Waals surface area contributed by atoms with Gasteiger partial charge in [0.05, 0.1) is 6.10 Å². The highest BCUT2D eigenvalue weighted by atomic mass is 127. The van der Waals surface area contributed by atoms with Crippen molar-refractivity contribution in [1.29, 1.82) is 0 Å². The number of rotatable bonds is 7. The van der Waals surface area contributed by atoms with Crippen LogP contribution in [0.15, 0.2) is 41.4 Å². The summed E-state index contributed by atoms with van der Waals surface area (Å²) >= 11 is 0. The number of nitrogens with one attached hydrogen (secondary N) is 2. The third-order valence-corrected chi connectivity index (χ3v) is 4.80. The summed E-state index contributed by atoms with van der Waals surface area (Å²) in [5, 5.41) is 6.19. The van der Waals surface area contributed by atoms with Gasteiger partial charge in [0.2, 0.25) is 0 Å². The molecule has 0 amide bonds. The minimum absolute atomic E-state index is 0. The van der Waals surface area contributed by atoms with Crippen molar-refractivity contribution in [2.24, 2.45) is 4.99 Å². The quantitative estimate of drug-likeness (QED) is 0.318. The zero-order chi connectivity index (χ0) is 20.6. The van der Waals surface area contributed by atoms with Gasteiger partial charge >= 0.3 is 0 Å². The van der Waals surface area contributed by atoms with E-state index in [1.807, 2.05) is 25.1 Å². The summed E-state index contributed by atoms with van der Waals surface area (Å²) in [5.74, 6) is 0.357. The molecule has 164 valence electrons. The van der Waals surface area contributed by atoms with Crippen LogP contribution in [0.2, 0.25) is 0 Å². The van der Waals surface area contributed by atoms with Crippen LogP contribution in [0.25, 0.3) is 0 Å². The topological polar surface area (TPSA) is 54.9 Å². The van der Waals surface area contributed by atoms with Gasteiger partial charge in [-0.25, -0.2) is 8.78 Å². The van der Waals surface area contributed by atoms with Crippen molar-refractivity contribution < 1.29 is 18.3 Å². The molecule has 0 saturated carbocycles. The van der Waals surface area contributed by atoms with Gasteiger partial charge in [0.25, 0.3) is 0 Å². The molecule has 2 N–H and O–H groups in total. The maximum Gasteiger partial charge on any atom is 0.191 e. The molecule has 2 aromatic carbocycles. The molecule has 5 nitrogen and oxygen atoms in total. The predicted molar refractivity (Wildman–Crippen MR) is 124 cm³/mol. The molecule has 2 aromatic rings. The van der Waals surface area contributed by atoms with Crippen LogP contribution in [-0.4, -0.2) is 32.3 Å². The Morgan fingerprint density at radius 1 is 1.13 bits per heavy atom. The Morgan fingerprint density at radius 2 is 1.90 bits per heavy atom. The minimum Gasteiger partial charge on any atom is -0.491 e. The molecular formula is C22H28F2IN3O2. The van der Waals surface area contributed by atoms with E-state index in [9.17, 15) is 8.78 Å². The molecule has 0 spiro atoms. The summed E-state index contributed by atoms with van der Waals surface area (Å²) < 4.78 is 38.7. The van der Waals surface area contributed by atoms with E-state index in [1.54, 1.807) is 7.05 Å². The lowest BCUT2D eigenvalue weighted by molar-refractivity contribution is 0.0676. The molecule has 0 aliphatic carbocycles. The summed E-state index contributed by atoms with van der Waals surface area (Å²) in [4.78, 5) is 4.14. The number of aliphatic imine (C=N–C) groups is 1. The number of ether oxygens (including phenoxy) is 2. The smallest absolute Gasteiger partial charge is 0.191 e. The average molecular weight is 531 g/mol. The Hall–Kier alpha value is -1.94. The molecular weight excluding hydrogens is 503 g/mol. The van der Waals surface area contributed by atoms with Gasteiger partial charge in [0, 0.05) is 37.9 Å². The van der Waals surface area contributed by atoms with Crippen molar-refractivity contribution in [2.45, 2.75) is 39.0 Å². The third kappa shape index (κ3) is 7.09. The van der Waals surface area contributed by atoms with Crippen molar-refractivity contribution in [3.63, 3.8) is 0 Å². The van der Waals surface area contributed by atoms with E-state index in [1.165, 1.54) is 6.07 Å². The van der Waals surface area contributed by atoms with Crippen LogP contribution in [0, 0.1) is 18.6 Å². The zero-order valence-electron chi connectivity index (χ0n) is 17.2. The molecule has 0 radical (unpaired) electrons. The maximum atomic E-state index is 13.8. The second-order valence-corrected chi connectivity index (χ2v) is 7.07. The molecule has 1 heterocycles. The van der Waals surface area contributed by atoms with Crippen LogP contribution in [0.4, 0.5) is 8.78 Å². The van der Waals surface area contributed by atoms with E-state index in [-0.39, 0.29) is 42.2 Å². The van der Waals surface area contributed by atoms with Gasteiger partial charge in [0.1, 0.15) is 24.0 Å². The standard InChI is InChI=1S/C22H27F2N3O2.HI/c1-15-5-6-16(21(10-15)29-14-19-4-3-9-28-19)12-26-22(25-2)27-13-17-11-18(23)7-8-20(17)24;/h5-8,10-11,19H,3-4,9,12-14H2,1-2H3,(H2,25,26,27);1H. The SMILES string of the molecule is CN=C(NCc1cc(F)ccc1F)NCc1ccc(C)cc1OCC1CCCO1.I. The molecule has 1 aliphatic heterocycles. The number of nitrogens with zero attached hydrogens (tertiary/aromatic N) is 1. The Labute approximate surface area is 193 Å². The zero-order valence-corrected chi connectivity index (χ0v) is 19.5. The average Bonchev–Trinajstić information content (AvgIpc) is 3.23. The molecule has 1 aliphatic rings. The number of benzene rings is 2. The van der Waals surface area contributed by atoms with Crippen LogP contribution in [0.3, 0.4) is 0 Å². The maximum absolute atomic E-state index is 13.8. The first-order chi connectivity index (χ1) is 14.0. The summed E-state index contributed by atoms with van der Waals surface area (Å²) in [6.07, 6.45) is 2.24. The highest BCUT2D eigenvalue weighted by Gasteiger charge is 2.17. The van der Waals surface area contributed by atoms with Crippen LogP contribution in [0.1, 0.15) is 29.5 Å². The summed E-state index contributed by atoms with van der Waals surface area (Å²) in [5.41, 5.74) is 2.33. The Morgan fingerprint density at radius 3 is 2.60 bits per heavy atom. The van der Waals surface area contributed by atoms with E-state index in [0.717, 1.165) is 48.5 Å². The van der Waals surface area contributed by atoms with Gasteiger partial charge in [-0.2, -0.15) is 0 Å². The number of hydrogen-bond donors (Lipinski definition) is 2. The molecule has 1 fully saturated rings. The van der Waals surface area contributed by atoms with E-state index in [4.69, 9.17) is 9.47 Å². The molecule has 30 heavy (non-hydrogen) atoms. The van der Waals surface area contributed by atoms with Gasteiger partial charge < -0.3 is 20.1 Å². The number of guanidine groups is 1. The summed E-state index contributed by atoms with van der Waals surface area (Å²) in [6, 6.07) is 9.42. The molecule has 0 aromatic heterocycles. The van der Waals surface area contributed by atoms with E-state index >= 15 is 0 Å². The normalized spacial score (nSPS) is 16.1. The van der Waals surface area contributed by atoms with Gasteiger partial charge in [-0.15, -0.1) is 24.0 Å². The van der Waals surface area contributed by atoms with E-state index < -0.39 is 11.6 Å². The van der Waals surface area contributed by atoms with Crippen molar-refractivity contribution in [3.05, 3.63) is 64.7 Å². The fourth-order valence-corrected chi connectivity index (χ4v) is 3.16. The first kappa shape index (κ1) is 24.3. The second kappa shape index (κ2) is 12.0. The van der Waals surface area contributed by atoms with Crippen LogP contribution < -0.4 is 15.4 Å². The van der Waals surface area contributed by atoms with Crippen molar-refractivity contribution in [1.82, 2.24) is 10.6 Å². The fraction of sp³-hybridized carbons (Fsp3) is 0.409. The molecule has 0 bridgehead atoms. The van der Waals surface area contributed by atoms with Gasteiger partial charge in [-0.3, -0.25) is 4.99 Å². The van der Waals surface area contributed by atoms with Crippen molar-refractivity contribution >= 4 is 29.9 Å². The minimum atomic E-state index is -0.473. The summed E-state index contributed by atoms with van der Waals surface area (Å²) in [7, 11) is 1.63. The first-order valence-corrected chi connectivity index (χ1v) is 9.77. The number of aryl methyl sites for hydroxylation is 1. The van der Waals surface area contributed by atoms with Crippen molar-refractivity contribution in [2.75, 3.05) is 20.3 Å². The lowest BCUT2D eigenvalue weighted by Gasteiger charge is -2.17. The molecule has 1 unspecified atom stereocenters. The highest BCUT2D eigenvalue weighted by molar-refractivity contribution is 14.0.